The minimum absolute atomic E-state index is 0.102. The normalized spacial score (nSPS) is 16.5. The summed E-state index contributed by atoms with van der Waals surface area (Å²) in [6.07, 6.45) is 2.32. The molecule has 0 bridgehead atoms. The van der Waals surface area contributed by atoms with Crippen molar-refractivity contribution in [1.29, 1.82) is 0 Å². The molecule has 6 heteroatoms. The van der Waals surface area contributed by atoms with E-state index in [1.165, 1.54) is 0 Å². The minimum atomic E-state index is -0.375. The Hall–Kier alpha value is -1.14. The highest BCUT2D eigenvalue weighted by atomic mass is 79.9. The van der Waals surface area contributed by atoms with E-state index in [1.807, 2.05) is 6.07 Å². The van der Waals surface area contributed by atoms with Crippen molar-refractivity contribution in [2.24, 2.45) is 5.92 Å². The van der Waals surface area contributed by atoms with Crippen molar-refractivity contribution in [2.75, 3.05) is 25.0 Å². The summed E-state index contributed by atoms with van der Waals surface area (Å²) in [5, 5.41) is 17.4. The molecule has 0 radical (unpaired) electrons. The highest BCUT2D eigenvalue weighted by Crippen LogP contribution is 2.28. The van der Waals surface area contributed by atoms with Gasteiger partial charge < -0.3 is 10.6 Å². The fourth-order valence-electron chi connectivity index (χ4n) is 2.11. The predicted octanol–water partition coefficient (Wildman–Crippen LogP) is 2.77. The van der Waals surface area contributed by atoms with E-state index in [2.05, 4.69) is 26.6 Å². The predicted molar refractivity (Wildman–Crippen MR) is 74.9 cm³/mol. The Morgan fingerprint density at radius 1 is 1.44 bits per heavy atom. The van der Waals surface area contributed by atoms with Gasteiger partial charge in [0.2, 0.25) is 0 Å². The number of nitrogens with one attached hydrogen (secondary N) is 2. The molecular formula is C12H16BrN3O2. The molecule has 1 aliphatic heterocycles. The van der Waals surface area contributed by atoms with Crippen LogP contribution >= 0.6 is 15.9 Å². The molecule has 0 spiro atoms. The number of benzene rings is 1. The summed E-state index contributed by atoms with van der Waals surface area (Å²) in [7, 11) is 0. The molecule has 1 aromatic rings. The monoisotopic (exact) mass is 313 g/mol. The standard InChI is InChI=1S/C12H16BrN3O2/c13-11-2-1-10(7-12(11)16(17)18)15-8-9-3-5-14-6-4-9/h1-2,7,9,14-15H,3-6,8H2. The second-order valence-corrected chi connectivity index (χ2v) is 5.35. The van der Waals surface area contributed by atoms with Crippen LogP contribution in [0.4, 0.5) is 11.4 Å². The molecule has 1 heterocycles. The molecule has 0 aromatic heterocycles. The Labute approximate surface area is 114 Å². The maximum Gasteiger partial charge on any atom is 0.285 e. The van der Waals surface area contributed by atoms with Gasteiger partial charge in [-0.2, -0.15) is 0 Å². The average molecular weight is 314 g/mol. The zero-order valence-corrected chi connectivity index (χ0v) is 11.6. The van der Waals surface area contributed by atoms with Gasteiger partial charge in [0.25, 0.3) is 5.69 Å². The molecule has 18 heavy (non-hydrogen) atoms. The SMILES string of the molecule is O=[N+]([O-])c1cc(NCC2CCNCC2)ccc1Br. The Bertz CT molecular complexity index is 433. The summed E-state index contributed by atoms with van der Waals surface area (Å²) in [5.41, 5.74) is 0.911. The first-order chi connectivity index (χ1) is 8.66. The van der Waals surface area contributed by atoms with Gasteiger partial charge in [0.1, 0.15) is 0 Å². The first-order valence-corrected chi connectivity index (χ1v) is 6.84. The van der Waals surface area contributed by atoms with E-state index in [0.717, 1.165) is 38.2 Å². The van der Waals surface area contributed by atoms with E-state index in [1.54, 1.807) is 12.1 Å². The van der Waals surface area contributed by atoms with Crippen molar-refractivity contribution in [1.82, 2.24) is 5.32 Å². The third-order valence-electron chi connectivity index (χ3n) is 3.20. The summed E-state index contributed by atoms with van der Waals surface area (Å²) >= 11 is 3.18. The van der Waals surface area contributed by atoms with Crippen LogP contribution in [0.2, 0.25) is 0 Å². The second kappa shape index (κ2) is 6.15. The van der Waals surface area contributed by atoms with Gasteiger partial charge in [0.05, 0.1) is 9.40 Å². The van der Waals surface area contributed by atoms with Crippen LogP contribution in [0.25, 0.3) is 0 Å². The maximum atomic E-state index is 10.8. The summed E-state index contributed by atoms with van der Waals surface area (Å²) in [6.45, 7) is 3.00. The van der Waals surface area contributed by atoms with Gasteiger partial charge in [-0.1, -0.05) is 0 Å². The number of nitro groups is 1. The Morgan fingerprint density at radius 2 is 2.17 bits per heavy atom. The van der Waals surface area contributed by atoms with Crippen molar-refractivity contribution in [3.63, 3.8) is 0 Å². The van der Waals surface area contributed by atoms with Gasteiger partial charge in [0, 0.05) is 18.3 Å². The van der Waals surface area contributed by atoms with Gasteiger partial charge in [-0.05, 0) is 59.9 Å². The van der Waals surface area contributed by atoms with E-state index < -0.39 is 0 Å². The van der Waals surface area contributed by atoms with Crippen molar-refractivity contribution in [2.45, 2.75) is 12.8 Å². The molecule has 5 nitrogen and oxygen atoms in total. The smallest absolute Gasteiger partial charge is 0.285 e. The van der Waals surface area contributed by atoms with Crippen molar-refractivity contribution < 1.29 is 4.92 Å². The maximum absolute atomic E-state index is 10.8. The van der Waals surface area contributed by atoms with Crippen LogP contribution in [0.5, 0.6) is 0 Å². The molecule has 1 aliphatic rings. The van der Waals surface area contributed by atoms with Crippen LogP contribution in [-0.2, 0) is 0 Å². The fourth-order valence-corrected chi connectivity index (χ4v) is 2.50. The van der Waals surface area contributed by atoms with Crippen LogP contribution in [0, 0.1) is 16.0 Å². The Kier molecular flexibility index (Phi) is 4.54. The molecule has 2 N–H and O–H groups in total. The van der Waals surface area contributed by atoms with Crippen molar-refractivity contribution in [3.8, 4) is 0 Å². The summed E-state index contributed by atoms with van der Waals surface area (Å²) in [4.78, 5) is 10.4. The second-order valence-electron chi connectivity index (χ2n) is 4.50. The van der Waals surface area contributed by atoms with Crippen LogP contribution in [0.3, 0.4) is 0 Å². The molecule has 0 unspecified atom stereocenters. The van der Waals surface area contributed by atoms with Gasteiger partial charge >= 0.3 is 0 Å². The van der Waals surface area contributed by atoms with E-state index >= 15 is 0 Å². The van der Waals surface area contributed by atoms with E-state index in [9.17, 15) is 10.1 Å². The molecule has 2 rings (SSSR count). The zero-order valence-electron chi connectivity index (χ0n) is 9.99. The van der Waals surface area contributed by atoms with Crippen LogP contribution in [-0.4, -0.2) is 24.6 Å². The molecule has 1 aromatic carbocycles. The Balaban J connectivity index is 1.96. The van der Waals surface area contributed by atoms with E-state index in [0.29, 0.717) is 10.4 Å². The molecule has 1 saturated heterocycles. The third kappa shape index (κ3) is 3.43. The number of piperidine rings is 1. The lowest BCUT2D eigenvalue weighted by atomic mass is 9.98. The molecule has 0 saturated carbocycles. The Morgan fingerprint density at radius 3 is 2.83 bits per heavy atom. The first-order valence-electron chi connectivity index (χ1n) is 6.05. The molecule has 0 aliphatic carbocycles. The van der Waals surface area contributed by atoms with Gasteiger partial charge in [-0.25, -0.2) is 0 Å². The number of nitro benzene ring substituents is 1. The van der Waals surface area contributed by atoms with Crippen molar-refractivity contribution in [3.05, 3.63) is 32.8 Å². The highest BCUT2D eigenvalue weighted by molar-refractivity contribution is 9.10. The first kappa shape index (κ1) is 13.3. The molecular weight excluding hydrogens is 298 g/mol. The lowest BCUT2D eigenvalue weighted by Gasteiger charge is -2.23. The van der Waals surface area contributed by atoms with Gasteiger partial charge in [0.15, 0.2) is 0 Å². The van der Waals surface area contributed by atoms with Crippen LogP contribution in [0.1, 0.15) is 12.8 Å². The highest BCUT2D eigenvalue weighted by Gasteiger charge is 2.15. The van der Waals surface area contributed by atoms with E-state index in [4.69, 9.17) is 0 Å². The van der Waals surface area contributed by atoms with Gasteiger partial charge in [-0.15, -0.1) is 0 Å². The van der Waals surface area contributed by atoms with Crippen LogP contribution in [0.15, 0.2) is 22.7 Å². The number of anilines is 1. The quantitative estimate of drug-likeness (QED) is 0.662. The summed E-state index contributed by atoms with van der Waals surface area (Å²) in [6, 6.07) is 5.15. The average Bonchev–Trinajstić information content (AvgIpc) is 2.38. The lowest BCUT2D eigenvalue weighted by Crippen LogP contribution is -2.31. The van der Waals surface area contributed by atoms with Gasteiger partial charge in [-0.3, -0.25) is 10.1 Å². The third-order valence-corrected chi connectivity index (χ3v) is 3.87. The molecule has 0 amide bonds. The molecule has 98 valence electrons. The number of nitrogens with zero attached hydrogens (tertiary/aromatic N) is 1. The fraction of sp³-hybridized carbons (Fsp3) is 0.500. The molecule has 0 atom stereocenters. The minimum Gasteiger partial charge on any atom is -0.385 e. The molecule has 1 fully saturated rings. The summed E-state index contributed by atoms with van der Waals surface area (Å²) < 4.78 is 0.514. The summed E-state index contributed by atoms with van der Waals surface area (Å²) in [5.74, 6) is 0.647. The number of halogens is 1. The zero-order chi connectivity index (χ0) is 13.0. The topological polar surface area (TPSA) is 67.2 Å². The lowest BCUT2D eigenvalue weighted by molar-refractivity contribution is -0.385. The number of rotatable bonds is 4. The van der Waals surface area contributed by atoms with Crippen molar-refractivity contribution >= 4 is 27.3 Å². The number of hydrogen-bond donors (Lipinski definition) is 2. The largest absolute Gasteiger partial charge is 0.385 e. The van der Waals surface area contributed by atoms with E-state index in [-0.39, 0.29) is 10.6 Å². The number of hydrogen-bond acceptors (Lipinski definition) is 4. The van der Waals surface area contributed by atoms with Crippen LogP contribution < -0.4 is 10.6 Å².